The van der Waals surface area contributed by atoms with Crippen LogP contribution in [0, 0.1) is 5.82 Å². The van der Waals surface area contributed by atoms with Gasteiger partial charge in [0, 0.05) is 5.56 Å². The van der Waals surface area contributed by atoms with E-state index in [4.69, 9.17) is 12.6 Å². The summed E-state index contributed by atoms with van der Waals surface area (Å²) in [5.74, 6) is 0.322. The first kappa shape index (κ1) is 10.8. The van der Waals surface area contributed by atoms with Crippen molar-refractivity contribution in [3.63, 3.8) is 0 Å². The molecule has 0 saturated heterocycles. The van der Waals surface area contributed by atoms with Gasteiger partial charge in [0.15, 0.2) is 0 Å². The fraction of sp³-hybridized carbons (Fsp3) is 0.273. The molecule has 3 heteroatoms. The molecule has 1 rings (SSSR count). The Labute approximate surface area is 85.0 Å². The molecule has 0 aliphatic rings. The molecule has 1 aromatic rings. The lowest BCUT2D eigenvalue weighted by Crippen LogP contribution is -1.96. The number of halogens is 1. The standard InChI is InChI=1S/C11H12BFO/c1-3-14-11-5-4-9(13)6-10(11)8(2)7-12/h4-6H,2-3,7H2,1H3. The molecule has 0 aliphatic heterocycles. The third-order valence-electron chi connectivity index (χ3n) is 1.87. The van der Waals surface area contributed by atoms with Crippen LogP contribution in [0.3, 0.4) is 0 Å². The van der Waals surface area contributed by atoms with E-state index < -0.39 is 0 Å². The zero-order valence-electron chi connectivity index (χ0n) is 8.22. The number of hydrogen-bond donors (Lipinski definition) is 0. The smallest absolute Gasteiger partial charge is 0.126 e. The molecule has 0 unspecified atom stereocenters. The molecular weight excluding hydrogens is 178 g/mol. The van der Waals surface area contributed by atoms with Gasteiger partial charge in [-0.3, -0.25) is 0 Å². The molecule has 1 nitrogen and oxygen atoms in total. The average Bonchev–Trinajstić information content (AvgIpc) is 2.20. The summed E-state index contributed by atoms with van der Waals surface area (Å²) in [7, 11) is 5.44. The van der Waals surface area contributed by atoms with Crippen LogP contribution < -0.4 is 4.74 Å². The molecule has 0 heterocycles. The van der Waals surface area contributed by atoms with Gasteiger partial charge in [-0.05, 0) is 25.1 Å². The van der Waals surface area contributed by atoms with Gasteiger partial charge in [0.25, 0.3) is 0 Å². The third-order valence-corrected chi connectivity index (χ3v) is 1.87. The summed E-state index contributed by atoms with van der Waals surface area (Å²) in [6.07, 6.45) is 0.295. The van der Waals surface area contributed by atoms with E-state index in [1.165, 1.54) is 12.1 Å². The summed E-state index contributed by atoms with van der Waals surface area (Å²) in [6, 6.07) is 4.34. The molecule has 2 radical (unpaired) electrons. The minimum atomic E-state index is -0.307. The van der Waals surface area contributed by atoms with Crippen molar-refractivity contribution in [1.82, 2.24) is 0 Å². The SMILES string of the molecule is [B]CC(=C)c1cc(F)ccc1OCC. The van der Waals surface area contributed by atoms with Crippen molar-refractivity contribution in [3.05, 3.63) is 36.2 Å². The Morgan fingerprint density at radius 3 is 2.86 bits per heavy atom. The van der Waals surface area contributed by atoms with Gasteiger partial charge in [0.2, 0.25) is 0 Å². The van der Waals surface area contributed by atoms with Gasteiger partial charge in [0.1, 0.15) is 11.6 Å². The maximum absolute atomic E-state index is 12.9. The number of benzene rings is 1. The van der Waals surface area contributed by atoms with Crippen molar-refractivity contribution in [3.8, 4) is 5.75 Å². The normalized spacial score (nSPS) is 9.86. The lowest BCUT2D eigenvalue weighted by atomic mass is 9.92. The molecule has 0 aliphatic carbocycles. The lowest BCUT2D eigenvalue weighted by molar-refractivity contribution is 0.338. The second-order valence-electron chi connectivity index (χ2n) is 2.88. The number of allylic oxidation sites excluding steroid dienone is 1. The second-order valence-corrected chi connectivity index (χ2v) is 2.88. The average molecular weight is 190 g/mol. The van der Waals surface area contributed by atoms with Gasteiger partial charge in [-0.1, -0.05) is 18.5 Å². The van der Waals surface area contributed by atoms with Crippen LogP contribution >= 0.6 is 0 Å². The third kappa shape index (κ3) is 2.38. The number of ether oxygens (including phenoxy) is 1. The largest absolute Gasteiger partial charge is 0.493 e. The zero-order valence-corrected chi connectivity index (χ0v) is 8.22. The molecule has 0 spiro atoms. The van der Waals surface area contributed by atoms with Crippen LogP contribution in [-0.2, 0) is 0 Å². The molecule has 0 aromatic heterocycles. The molecule has 0 atom stereocenters. The van der Waals surface area contributed by atoms with E-state index in [9.17, 15) is 4.39 Å². The van der Waals surface area contributed by atoms with Crippen molar-refractivity contribution >= 4 is 13.4 Å². The minimum Gasteiger partial charge on any atom is -0.493 e. The summed E-state index contributed by atoms with van der Waals surface area (Å²) in [6.45, 7) is 6.17. The monoisotopic (exact) mass is 190 g/mol. The molecule has 14 heavy (non-hydrogen) atoms. The summed E-state index contributed by atoms with van der Waals surface area (Å²) in [5, 5.41) is 0. The molecule has 0 fully saturated rings. The highest BCUT2D eigenvalue weighted by Crippen LogP contribution is 2.27. The van der Waals surface area contributed by atoms with Crippen molar-refractivity contribution in [2.45, 2.75) is 13.2 Å². The summed E-state index contributed by atoms with van der Waals surface area (Å²) in [4.78, 5) is 0. The molecule has 0 saturated carbocycles. The van der Waals surface area contributed by atoms with Crippen LogP contribution in [-0.4, -0.2) is 14.5 Å². The molecule has 0 bridgehead atoms. The van der Waals surface area contributed by atoms with E-state index in [0.717, 1.165) is 0 Å². The maximum atomic E-state index is 12.9. The summed E-state index contributed by atoms with van der Waals surface area (Å²) >= 11 is 0. The van der Waals surface area contributed by atoms with Crippen LogP contribution in [0.5, 0.6) is 5.75 Å². The van der Waals surface area contributed by atoms with Crippen molar-refractivity contribution in [2.75, 3.05) is 6.61 Å². The molecule has 72 valence electrons. The van der Waals surface area contributed by atoms with E-state index >= 15 is 0 Å². The highest BCUT2D eigenvalue weighted by molar-refractivity contribution is 6.14. The van der Waals surface area contributed by atoms with Gasteiger partial charge >= 0.3 is 0 Å². The Hall–Kier alpha value is -1.25. The molecular formula is C11H12BFO. The van der Waals surface area contributed by atoms with Gasteiger partial charge in [-0.15, -0.1) is 0 Å². The van der Waals surface area contributed by atoms with E-state index in [-0.39, 0.29) is 5.82 Å². The Morgan fingerprint density at radius 1 is 1.57 bits per heavy atom. The fourth-order valence-corrected chi connectivity index (χ4v) is 1.17. The van der Waals surface area contributed by atoms with Gasteiger partial charge in [0.05, 0.1) is 14.5 Å². The van der Waals surface area contributed by atoms with Crippen molar-refractivity contribution in [2.24, 2.45) is 0 Å². The van der Waals surface area contributed by atoms with E-state index in [0.29, 0.717) is 29.8 Å². The van der Waals surface area contributed by atoms with Gasteiger partial charge < -0.3 is 4.74 Å². The maximum Gasteiger partial charge on any atom is 0.126 e. The zero-order chi connectivity index (χ0) is 10.6. The Bertz CT molecular complexity index is 336. The Balaban J connectivity index is 3.08. The molecule has 0 N–H and O–H groups in total. The van der Waals surface area contributed by atoms with E-state index in [1.54, 1.807) is 6.07 Å². The van der Waals surface area contributed by atoms with Crippen molar-refractivity contribution < 1.29 is 9.13 Å². The predicted octanol–water partition coefficient (Wildman–Crippen LogP) is 2.82. The first-order chi connectivity index (χ1) is 6.69. The lowest BCUT2D eigenvalue weighted by Gasteiger charge is -2.11. The van der Waals surface area contributed by atoms with Gasteiger partial charge in [-0.25, -0.2) is 4.39 Å². The van der Waals surface area contributed by atoms with Crippen LogP contribution in [0.2, 0.25) is 6.32 Å². The Kier molecular flexibility index (Phi) is 3.75. The minimum absolute atomic E-state index is 0.295. The highest BCUT2D eigenvalue weighted by atomic mass is 19.1. The van der Waals surface area contributed by atoms with Crippen LogP contribution in [0.4, 0.5) is 4.39 Å². The van der Waals surface area contributed by atoms with Gasteiger partial charge in [-0.2, -0.15) is 0 Å². The van der Waals surface area contributed by atoms with E-state index in [1.807, 2.05) is 6.92 Å². The van der Waals surface area contributed by atoms with E-state index in [2.05, 4.69) is 6.58 Å². The quantitative estimate of drug-likeness (QED) is 0.663. The second kappa shape index (κ2) is 4.84. The molecule has 1 aromatic carbocycles. The highest BCUT2D eigenvalue weighted by Gasteiger charge is 2.06. The van der Waals surface area contributed by atoms with Crippen LogP contribution in [0.1, 0.15) is 12.5 Å². The molecule has 0 amide bonds. The van der Waals surface area contributed by atoms with Crippen molar-refractivity contribution in [1.29, 1.82) is 0 Å². The van der Waals surface area contributed by atoms with Crippen LogP contribution in [0.15, 0.2) is 24.8 Å². The Morgan fingerprint density at radius 2 is 2.29 bits per heavy atom. The first-order valence-corrected chi connectivity index (χ1v) is 4.49. The fourth-order valence-electron chi connectivity index (χ4n) is 1.17. The summed E-state index contributed by atoms with van der Waals surface area (Å²) < 4.78 is 18.3. The first-order valence-electron chi connectivity index (χ1n) is 4.49. The topological polar surface area (TPSA) is 9.23 Å². The van der Waals surface area contributed by atoms with Crippen LogP contribution in [0.25, 0.3) is 5.57 Å². The summed E-state index contributed by atoms with van der Waals surface area (Å²) in [5.41, 5.74) is 1.32. The number of rotatable bonds is 4. The predicted molar refractivity (Wildman–Crippen MR) is 57.2 cm³/mol. The number of hydrogen-bond acceptors (Lipinski definition) is 1.